The minimum atomic E-state index is -0.733. The van der Waals surface area contributed by atoms with Gasteiger partial charge in [-0.15, -0.1) is 0 Å². The number of nitrogens with zero attached hydrogens (tertiary/aromatic N) is 2. The van der Waals surface area contributed by atoms with E-state index in [1.54, 1.807) is 25.1 Å². The van der Waals surface area contributed by atoms with Crippen LogP contribution in [0.25, 0.3) is 11.3 Å². The largest absolute Gasteiger partial charge is 0.481 e. The molecule has 29 heavy (non-hydrogen) atoms. The zero-order chi connectivity index (χ0) is 20.4. The quantitative estimate of drug-likeness (QED) is 0.640. The number of anilines is 1. The van der Waals surface area contributed by atoms with Crippen LogP contribution in [0.15, 0.2) is 41.0 Å². The van der Waals surface area contributed by atoms with E-state index in [1.165, 1.54) is 24.0 Å². The second-order valence-electron chi connectivity index (χ2n) is 7.31. The number of ether oxygens (including phenoxy) is 1. The summed E-state index contributed by atoms with van der Waals surface area (Å²) in [6, 6.07) is 11.5. The van der Waals surface area contributed by atoms with Crippen molar-refractivity contribution in [1.82, 2.24) is 10.3 Å². The van der Waals surface area contributed by atoms with Gasteiger partial charge in [-0.3, -0.25) is 4.79 Å². The summed E-state index contributed by atoms with van der Waals surface area (Å²) >= 11 is 6.03. The fraction of sp³-hybridized carbons (Fsp3) is 0.318. The molecule has 150 valence electrons. The summed E-state index contributed by atoms with van der Waals surface area (Å²) in [5.41, 5.74) is 4.98. The maximum absolute atomic E-state index is 12.6. The van der Waals surface area contributed by atoms with E-state index in [9.17, 15) is 4.79 Å². The van der Waals surface area contributed by atoms with E-state index < -0.39 is 6.10 Å². The Morgan fingerprint density at radius 2 is 1.93 bits per heavy atom. The first-order chi connectivity index (χ1) is 14.0. The molecule has 2 aromatic carbocycles. The SMILES string of the molecule is Cc1cc(O[C@H](C)C(=O)Nc2nonc2-c2ccc3c(c2)CCCC3)ccc1Cl. The van der Waals surface area contributed by atoms with E-state index in [0.717, 1.165) is 24.0 Å². The smallest absolute Gasteiger partial charge is 0.266 e. The summed E-state index contributed by atoms with van der Waals surface area (Å²) in [5, 5.41) is 11.3. The lowest BCUT2D eigenvalue weighted by Crippen LogP contribution is -2.30. The number of amides is 1. The minimum absolute atomic E-state index is 0.286. The van der Waals surface area contributed by atoms with Gasteiger partial charge in [0.1, 0.15) is 5.75 Å². The molecule has 0 fully saturated rings. The van der Waals surface area contributed by atoms with Crippen molar-refractivity contribution < 1.29 is 14.2 Å². The van der Waals surface area contributed by atoms with Gasteiger partial charge >= 0.3 is 0 Å². The Labute approximate surface area is 174 Å². The van der Waals surface area contributed by atoms with Crippen LogP contribution in [-0.4, -0.2) is 22.3 Å². The van der Waals surface area contributed by atoms with E-state index in [-0.39, 0.29) is 11.7 Å². The van der Waals surface area contributed by atoms with Crippen molar-refractivity contribution in [3.63, 3.8) is 0 Å². The van der Waals surface area contributed by atoms with E-state index in [2.05, 4.69) is 27.8 Å². The lowest BCUT2D eigenvalue weighted by molar-refractivity contribution is -0.122. The van der Waals surface area contributed by atoms with Crippen LogP contribution in [0.2, 0.25) is 5.02 Å². The molecule has 0 aliphatic heterocycles. The Morgan fingerprint density at radius 3 is 2.72 bits per heavy atom. The number of carbonyl (C=O) groups is 1. The lowest BCUT2D eigenvalue weighted by atomic mass is 9.90. The molecule has 0 bridgehead atoms. The van der Waals surface area contributed by atoms with Gasteiger partial charge in [0.25, 0.3) is 5.91 Å². The maximum atomic E-state index is 12.6. The van der Waals surface area contributed by atoms with Gasteiger partial charge in [0.05, 0.1) is 0 Å². The fourth-order valence-corrected chi connectivity index (χ4v) is 3.62. The van der Waals surface area contributed by atoms with Crippen LogP contribution in [0.5, 0.6) is 5.75 Å². The number of aryl methyl sites for hydroxylation is 3. The van der Waals surface area contributed by atoms with Gasteiger partial charge in [-0.1, -0.05) is 23.7 Å². The van der Waals surface area contributed by atoms with Crippen molar-refractivity contribution in [2.24, 2.45) is 0 Å². The van der Waals surface area contributed by atoms with Gasteiger partial charge in [-0.25, -0.2) is 4.63 Å². The van der Waals surface area contributed by atoms with Crippen LogP contribution in [0, 0.1) is 6.92 Å². The number of fused-ring (bicyclic) bond motifs is 1. The summed E-state index contributed by atoms with van der Waals surface area (Å²) < 4.78 is 10.6. The van der Waals surface area contributed by atoms with E-state index in [1.807, 2.05) is 13.0 Å². The van der Waals surface area contributed by atoms with E-state index >= 15 is 0 Å². The molecule has 1 aliphatic carbocycles. The lowest BCUT2D eigenvalue weighted by Gasteiger charge is -2.16. The number of hydrogen-bond donors (Lipinski definition) is 1. The highest BCUT2D eigenvalue weighted by atomic mass is 35.5. The Balaban J connectivity index is 1.48. The van der Waals surface area contributed by atoms with Crippen LogP contribution in [0.3, 0.4) is 0 Å². The first kappa shape index (κ1) is 19.5. The first-order valence-electron chi connectivity index (χ1n) is 9.69. The van der Waals surface area contributed by atoms with Crippen molar-refractivity contribution in [2.45, 2.75) is 45.6 Å². The standard InChI is InChI=1S/C22H22ClN3O3/c1-13-11-18(9-10-19(13)23)28-14(2)22(27)24-21-20(25-29-26-21)17-8-7-15-5-3-4-6-16(15)12-17/h7-12,14H,3-6H2,1-2H3,(H,24,26,27)/t14-/m1/s1. The Kier molecular flexibility index (Phi) is 5.53. The van der Waals surface area contributed by atoms with Gasteiger partial charge < -0.3 is 10.1 Å². The highest BCUT2D eigenvalue weighted by Gasteiger charge is 2.21. The number of carbonyl (C=O) groups excluding carboxylic acids is 1. The third-order valence-corrected chi connectivity index (χ3v) is 5.59. The number of hydrogen-bond acceptors (Lipinski definition) is 5. The summed E-state index contributed by atoms with van der Waals surface area (Å²) in [6.45, 7) is 3.55. The molecule has 4 rings (SSSR count). The molecule has 0 saturated heterocycles. The molecule has 6 nitrogen and oxygen atoms in total. The van der Waals surface area contributed by atoms with Crippen molar-refractivity contribution in [1.29, 1.82) is 0 Å². The predicted octanol–water partition coefficient (Wildman–Crippen LogP) is 4.98. The van der Waals surface area contributed by atoms with Crippen LogP contribution < -0.4 is 10.1 Å². The highest BCUT2D eigenvalue weighted by Crippen LogP contribution is 2.30. The number of rotatable bonds is 5. The van der Waals surface area contributed by atoms with Crippen LogP contribution in [0.4, 0.5) is 5.82 Å². The van der Waals surface area contributed by atoms with Crippen molar-refractivity contribution in [3.05, 3.63) is 58.1 Å². The van der Waals surface area contributed by atoms with Crippen LogP contribution in [-0.2, 0) is 17.6 Å². The average molecular weight is 412 g/mol. The molecule has 7 heteroatoms. The zero-order valence-corrected chi connectivity index (χ0v) is 17.1. The first-order valence-corrected chi connectivity index (χ1v) is 10.1. The summed E-state index contributed by atoms with van der Waals surface area (Å²) in [4.78, 5) is 12.6. The van der Waals surface area contributed by atoms with Crippen LogP contribution >= 0.6 is 11.6 Å². The van der Waals surface area contributed by atoms with Gasteiger partial charge in [0, 0.05) is 10.6 Å². The third kappa shape index (κ3) is 4.27. The molecule has 1 atom stereocenters. The summed E-state index contributed by atoms with van der Waals surface area (Å²) in [6.07, 6.45) is 3.85. The summed E-state index contributed by atoms with van der Waals surface area (Å²) in [7, 11) is 0. The second kappa shape index (κ2) is 8.25. The molecular weight excluding hydrogens is 390 g/mol. The molecule has 1 amide bonds. The average Bonchev–Trinajstić information content (AvgIpc) is 3.18. The maximum Gasteiger partial charge on any atom is 0.266 e. The molecule has 1 aliphatic rings. The monoisotopic (exact) mass is 411 g/mol. The van der Waals surface area contributed by atoms with E-state index in [4.69, 9.17) is 21.0 Å². The Morgan fingerprint density at radius 1 is 1.14 bits per heavy atom. The van der Waals surface area contributed by atoms with Gasteiger partial charge in [-0.05, 0) is 90.8 Å². The highest BCUT2D eigenvalue weighted by molar-refractivity contribution is 6.31. The van der Waals surface area contributed by atoms with Crippen molar-refractivity contribution in [2.75, 3.05) is 5.32 Å². The molecule has 1 N–H and O–H groups in total. The van der Waals surface area contributed by atoms with Gasteiger partial charge in [0.2, 0.25) is 5.82 Å². The van der Waals surface area contributed by atoms with Crippen LogP contribution in [0.1, 0.15) is 36.5 Å². The molecule has 1 aromatic heterocycles. The number of halogens is 1. The number of aromatic nitrogens is 2. The molecular formula is C22H22ClN3O3. The summed E-state index contributed by atoms with van der Waals surface area (Å²) in [5.74, 6) is 0.517. The van der Waals surface area contributed by atoms with Crippen molar-refractivity contribution >= 4 is 23.3 Å². The zero-order valence-electron chi connectivity index (χ0n) is 16.4. The number of benzene rings is 2. The van der Waals surface area contributed by atoms with Crippen molar-refractivity contribution in [3.8, 4) is 17.0 Å². The molecule has 0 radical (unpaired) electrons. The molecule has 0 spiro atoms. The fourth-order valence-electron chi connectivity index (χ4n) is 3.51. The van der Waals surface area contributed by atoms with Gasteiger partial charge in [-0.2, -0.15) is 0 Å². The topological polar surface area (TPSA) is 77.2 Å². The second-order valence-corrected chi connectivity index (χ2v) is 7.72. The predicted molar refractivity (Wildman–Crippen MR) is 111 cm³/mol. The molecule has 1 heterocycles. The third-order valence-electron chi connectivity index (χ3n) is 5.16. The Bertz CT molecular complexity index is 1050. The number of nitrogens with one attached hydrogen (secondary N) is 1. The molecule has 0 saturated carbocycles. The normalized spacial score (nSPS) is 14.2. The molecule has 3 aromatic rings. The molecule has 0 unspecified atom stereocenters. The minimum Gasteiger partial charge on any atom is -0.481 e. The van der Waals surface area contributed by atoms with E-state index in [0.29, 0.717) is 16.5 Å². The Hall–Kier alpha value is -2.86. The van der Waals surface area contributed by atoms with Gasteiger partial charge in [0.15, 0.2) is 11.8 Å².